The number of carbonyl (C=O) groups excluding carboxylic acids is 1. The predicted octanol–water partition coefficient (Wildman–Crippen LogP) is 3.76. The molecule has 1 amide bonds. The molecule has 8 heteroatoms. The van der Waals surface area contributed by atoms with E-state index in [1.807, 2.05) is 0 Å². The summed E-state index contributed by atoms with van der Waals surface area (Å²) in [5.74, 6) is -0.294. The summed E-state index contributed by atoms with van der Waals surface area (Å²) in [6.07, 6.45) is 0.357. The zero-order valence-corrected chi connectivity index (χ0v) is 17.9. The van der Waals surface area contributed by atoms with Crippen molar-refractivity contribution in [1.82, 2.24) is 4.72 Å². The molecule has 3 aromatic carbocycles. The molecule has 1 N–H and O–H groups in total. The van der Waals surface area contributed by atoms with Gasteiger partial charge < -0.3 is 4.90 Å². The highest BCUT2D eigenvalue weighted by atomic mass is 35.5. The Bertz CT molecular complexity index is 1290. The molecule has 0 unspecified atom stereocenters. The Morgan fingerprint density at radius 1 is 1.06 bits per heavy atom. The summed E-state index contributed by atoms with van der Waals surface area (Å²) in [7, 11) is -3.77. The van der Waals surface area contributed by atoms with E-state index in [9.17, 15) is 18.5 Å². The largest absolute Gasteiger partial charge is 0.306 e. The average Bonchev–Trinajstić information content (AvgIpc) is 2.78. The number of halogens is 1. The maximum absolute atomic E-state index is 13.3. The van der Waals surface area contributed by atoms with Crippen molar-refractivity contribution < 1.29 is 13.2 Å². The molecule has 0 radical (unpaired) electrons. The summed E-state index contributed by atoms with van der Waals surface area (Å²) in [4.78, 5) is 15.0. The summed E-state index contributed by atoms with van der Waals surface area (Å²) in [5.41, 5.74) is 2.22. The van der Waals surface area contributed by atoms with Crippen LogP contribution in [0.3, 0.4) is 0 Å². The molecule has 1 aliphatic rings. The molecule has 1 heterocycles. The molecule has 0 aliphatic carbocycles. The molecule has 31 heavy (non-hydrogen) atoms. The highest BCUT2D eigenvalue weighted by Gasteiger charge is 2.32. The first-order chi connectivity index (χ1) is 14.9. The van der Waals surface area contributed by atoms with E-state index < -0.39 is 16.1 Å². The third-order valence-electron chi connectivity index (χ3n) is 5.06. The van der Waals surface area contributed by atoms with Crippen molar-refractivity contribution in [2.24, 2.45) is 0 Å². The van der Waals surface area contributed by atoms with Crippen LogP contribution < -0.4 is 9.62 Å². The van der Waals surface area contributed by atoms with Crippen LogP contribution in [0.2, 0.25) is 5.02 Å². The first-order valence-corrected chi connectivity index (χ1v) is 11.4. The van der Waals surface area contributed by atoms with Crippen molar-refractivity contribution in [3.05, 3.63) is 94.5 Å². The van der Waals surface area contributed by atoms with Crippen LogP contribution in [0, 0.1) is 11.3 Å². The second-order valence-electron chi connectivity index (χ2n) is 7.22. The van der Waals surface area contributed by atoms with E-state index in [-0.39, 0.29) is 17.3 Å². The van der Waals surface area contributed by atoms with E-state index in [0.29, 0.717) is 28.3 Å². The average molecular weight is 452 g/mol. The Morgan fingerprint density at radius 3 is 2.55 bits per heavy atom. The molecule has 0 saturated carbocycles. The fourth-order valence-electron chi connectivity index (χ4n) is 3.67. The summed E-state index contributed by atoms with van der Waals surface area (Å²) >= 11 is 6.05. The van der Waals surface area contributed by atoms with E-state index in [0.717, 1.165) is 5.56 Å². The van der Waals surface area contributed by atoms with Crippen LogP contribution in [0.15, 0.2) is 77.7 Å². The van der Waals surface area contributed by atoms with Crippen LogP contribution in [0.25, 0.3) is 0 Å². The number of rotatable bonds is 4. The third kappa shape index (κ3) is 4.47. The Balaban J connectivity index is 1.70. The number of carbonyl (C=O) groups is 1. The minimum absolute atomic E-state index is 0.149. The van der Waals surface area contributed by atoms with Gasteiger partial charge in [0.05, 0.1) is 16.5 Å². The number of nitrogens with one attached hydrogen (secondary N) is 1. The molecule has 1 atom stereocenters. The minimum atomic E-state index is -3.77. The Kier molecular flexibility index (Phi) is 5.79. The molecule has 0 spiro atoms. The van der Waals surface area contributed by atoms with Crippen LogP contribution >= 0.6 is 11.6 Å². The van der Waals surface area contributed by atoms with Gasteiger partial charge in [0.2, 0.25) is 10.0 Å². The van der Waals surface area contributed by atoms with Crippen molar-refractivity contribution in [3.8, 4) is 6.07 Å². The molecular formula is C23H18ClN3O3S. The SMILES string of the molecule is N#Cc1ccc2c(c1)C[C@H](NS(=O)(=O)c1ccccc1)CN2C(=O)c1cccc(Cl)c1. The van der Waals surface area contributed by atoms with Gasteiger partial charge in [0.1, 0.15) is 0 Å². The summed E-state index contributed by atoms with van der Waals surface area (Å²) in [6, 6.07) is 21.3. The van der Waals surface area contributed by atoms with Crippen LogP contribution in [0.5, 0.6) is 0 Å². The van der Waals surface area contributed by atoms with Gasteiger partial charge in [-0.15, -0.1) is 0 Å². The number of benzene rings is 3. The number of amides is 1. The lowest BCUT2D eigenvalue weighted by Crippen LogP contribution is -2.50. The van der Waals surface area contributed by atoms with Crippen LogP contribution in [-0.4, -0.2) is 26.9 Å². The molecule has 6 nitrogen and oxygen atoms in total. The fourth-order valence-corrected chi connectivity index (χ4v) is 5.10. The second-order valence-corrected chi connectivity index (χ2v) is 9.37. The zero-order valence-electron chi connectivity index (χ0n) is 16.3. The summed E-state index contributed by atoms with van der Waals surface area (Å²) in [6.45, 7) is 0.149. The molecule has 3 aromatic rings. The Labute approximate surface area is 185 Å². The van der Waals surface area contributed by atoms with Gasteiger partial charge in [0, 0.05) is 28.9 Å². The number of anilines is 1. The molecule has 0 aromatic heterocycles. The van der Waals surface area contributed by atoms with Gasteiger partial charge in [-0.2, -0.15) is 5.26 Å². The van der Waals surface area contributed by atoms with Crippen molar-refractivity contribution in [1.29, 1.82) is 5.26 Å². The standard InChI is InChI=1S/C23H18ClN3O3S/c24-19-6-4-5-17(12-19)23(28)27-15-20(13-18-11-16(14-25)9-10-22(18)27)26-31(29,30)21-7-2-1-3-8-21/h1-12,20,26H,13,15H2/t20-/m0/s1. The number of hydrogen-bond acceptors (Lipinski definition) is 4. The lowest BCUT2D eigenvalue weighted by atomic mass is 9.96. The van der Waals surface area contributed by atoms with E-state index in [1.165, 1.54) is 17.0 Å². The first kappa shape index (κ1) is 21.1. The van der Waals surface area contributed by atoms with Crippen LogP contribution in [0.4, 0.5) is 5.69 Å². The smallest absolute Gasteiger partial charge is 0.258 e. The van der Waals surface area contributed by atoms with Crippen molar-refractivity contribution in [2.45, 2.75) is 17.4 Å². The highest BCUT2D eigenvalue weighted by molar-refractivity contribution is 7.89. The lowest BCUT2D eigenvalue weighted by Gasteiger charge is -2.35. The van der Waals surface area contributed by atoms with Gasteiger partial charge in [-0.25, -0.2) is 13.1 Å². The number of sulfonamides is 1. The van der Waals surface area contributed by atoms with Gasteiger partial charge in [0.15, 0.2) is 0 Å². The van der Waals surface area contributed by atoms with Crippen LogP contribution in [0.1, 0.15) is 21.5 Å². The lowest BCUT2D eigenvalue weighted by molar-refractivity contribution is 0.0982. The van der Waals surface area contributed by atoms with Gasteiger partial charge >= 0.3 is 0 Å². The second kappa shape index (κ2) is 8.52. The number of fused-ring (bicyclic) bond motifs is 1. The first-order valence-electron chi connectivity index (χ1n) is 9.55. The van der Waals surface area contributed by atoms with Gasteiger partial charge in [-0.05, 0) is 60.5 Å². The van der Waals surface area contributed by atoms with E-state index >= 15 is 0 Å². The third-order valence-corrected chi connectivity index (χ3v) is 6.83. The Morgan fingerprint density at radius 2 is 1.84 bits per heavy atom. The molecule has 0 bridgehead atoms. The molecule has 0 saturated heterocycles. The predicted molar refractivity (Wildman–Crippen MR) is 119 cm³/mol. The molecule has 4 rings (SSSR count). The zero-order chi connectivity index (χ0) is 22.0. The van der Waals surface area contributed by atoms with Gasteiger partial charge in [-0.3, -0.25) is 4.79 Å². The van der Waals surface area contributed by atoms with Crippen molar-refractivity contribution in [2.75, 3.05) is 11.4 Å². The number of nitriles is 1. The number of nitrogens with zero attached hydrogens (tertiary/aromatic N) is 2. The van der Waals surface area contributed by atoms with E-state index in [1.54, 1.807) is 60.7 Å². The molecule has 1 aliphatic heterocycles. The monoisotopic (exact) mass is 451 g/mol. The number of hydrogen-bond donors (Lipinski definition) is 1. The van der Waals surface area contributed by atoms with Crippen molar-refractivity contribution in [3.63, 3.8) is 0 Å². The maximum atomic E-state index is 13.3. The van der Waals surface area contributed by atoms with E-state index in [4.69, 9.17) is 11.6 Å². The normalized spacial score (nSPS) is 15.7. The quantitative estimate of drug-likeness (QED) is 0.653. The van der Waals surface area contributed by atoms with Gasteiger partial charge in [0.25, 0.3) is 5.91 Å². The molecular weight excluding hydrogens is 434 g/mol. The fraction of sp³-hybridized carbons (Fsp3) is 0.130. The minimum Gasteiger partial charge on any atom is -0.306 e. The van der Waals surface area contributed by atoms with E-state index in [2.05, 4.69) is 10.8 Å². The van der Waals surface area contributed by atoms with Crippen molar-refractivity contribution >= 4 is 33.2 Å². The molecule has 0 fully saturated rings. The van der Waals surface area contributed by atoms with Gasteiger partial charge in [-0.1, -0.05) is 35.9 Å². The maximum Gasteiger partial charge on any atom is 0.258 e. The Hall–Kier alpha value is -3.18. The highest BCUT2D eigenvalue weighted by Crippen LogP contribution is 2.30. The molecule has 156 valence electrons. The van der Waals surface area contributed by atoms with Crippen LogP contribution in [-0.2, 0) is 16.4 Å². The summed E-state index contributed by atoms with van der Waals surface area (Å²) < 4.78 is 28.4. The topological polar surface area (TPSA) is 90.3 Å². The summed E-state index contributed by atoms with van der Waals surface area (Å²) in [5, 5.41) is 9.70.